The van der Waals surface area contributed by atoms with Gasteiger partial charge in [-0.05, 0) is 12.0 Å². The number of hydrogen-bond acceptors (Lipinski definition) is 4. The van der Waals surface area contributed by atoms with Gasteiger partial charge in [-0.25, -0.2) is 0 Å². The van der Waals surface area contributed by atoms with Crippen molar-refractivity contribution in [2.75, 3.05) is 20.8 Å². The van der Waals surface area contributed by atoms with E-state index in [0.717, 1.165) is 5.56 Å². The molecular formula is C20H21I2MgNO4. The molecule has 0 heterocycles. The predicted molar refractivity (Wildman–Crippen MR) is 114 cm³/mol. The van der Waals surface area contributed by atoms with Crippen molar-refractivity contribution >= 4 is 63.3 Å². The predicted octanol–water partition coefficient (Wildman–Crippen LogP) is 1.21. The van der Waals surface area contributed by atoms with Crippen LogP contribution in [0.4, 0.5) is 5.69 Å². The van der Waals surface area contributed by atoms with Crippen molar-refractivity contribution in [3.05, 3.63) is 71.5 Å². The van der Waals surface area contributed by atoms with Gasteiger partial charge in [-0.2, -0.15) is 0 Å². The fraction of sp³-hybridized carbons (Fsp3) is 0.300. The second-order valence-electron chi connectivity index (χ2n) is 5.80. The SMILES string of the molecule is COC(=O)C(C[N-]c1ccccc1)(C[C@@H](I)c1ccccc1)C(=O)OC.[I-].[Mg+2]. The molecule has 0 amide bonds. The number of benzene rings is 2. The average Bonchev–Trinajstić information content (AvgIpc) is 2.71. The number of methoxy groups -OCH3 is 2. The summed E-state index contributed by atoms with van der Waals surface area (Å²) < 4.78 is 9.84. The van der Waals surface area contributed by atoms with Crippen molar-refractivity contribution in [3.8, 4) is 0 Å². The quantitative estimate of drug-likeness (QED) is 0.147. The van der Waals surface area contributed by atoms with E-state index in [4.69, 9.17) is 9.47 Å². The number of alkyl halides is 1. The Balaban J connectivity index is 0.00000364. The van der Waals surface area contributed by atoms with Gasteiger partial charge in [0.1, 0.15) is 0 Å². The van der Waals surface area contributed by atoms with Crippen LogP contribution in [-0.2, 0) is 19.1 Å². The molecule has 28 heavy (non-hydrogen) atoms. The fourth-order valence-corrected chi connectivity index (χ4v) is 3.85. The first-order valence-electron chi connectivity index (χ1n) is 8.12. The smallest absolute Gasteiger partial charge is 1.00 e. The standard InChI is InChI=1S/C20H21INO4.HI.Mg/c1-25-18(23)20(19(24)26-2,14-22-16-11-7-4-8-12-16)13-17(21)15-9-5-3-6-10-15;;/h3-12,17H,13-14H2,1-2H3;1H;/q-1;;+2/p-1/t17-;;/m1../s1. The summed E-state index contributed by atoms with van der Waals surface area (Å²) in [4.78, 5) is 25.3. The number of esters is 2. The van der Waals surface area contributed by atoms with E-state index in [2.05, 4.69) is 27.9 Å². The minimum atomic E-state index is -1.50. The molecule has 0 saturated carbocycles. The summed E-state index contributed by atoms with van der Waals surface area (Å²) >= 11 is 2.23. The second kappa shape index (κ2) is 13.6. The van der Waals surface area contributed by atoms with E-state index >= 15 is 0 Å². The van der Waals surface area contributed by atoms with Crippen molar-refractivity contribution in [2.45, 2.75) is 10.3 Å². The third-order valence-electron chi connectivity index (χ3n) is 4.13. The number of hydrogen-bond donors (Lipinski definition) is 0. The van der Waals surface area contributed by atoms with E-state index in [1.54, 1.807) is 0 Å². The summed E-state index contributed by atoms with van der Waals surface area (Å²) in [6, 6.07) is 18.9. The van der Waals surface area contributed by atoms with E-state index in [9.17, 15) is 9.59 Å². The Morgan fingerprint density at radius 1 is 0.964 bits per heavy atom. The summed E-state index contributed by atoms with van der Waals surface area (Å²) in [6.45, 7) is -0.0390. The molecule has 2 aromatic rings. The maximum atomic E-state index is 12.6. The van der Waals surface area contributed by atoms with Gasteiger partial charge in [0, 0.05) is 3.92 Å². The van der Waals surface area contributed by atoms with Gasteiger partial charge in [-0.3, -0.25) is 9.59 Å². The van der Waals surface area contributed by atoms with Crippen molar-refractivity contribution in [1.29, 1.82) is 0 Å². The first kappa shape index (κ1) is 27.4. The van der Waals surface area contributed by atoms with Crippen LogP contribution in [-0.4, -0.2) is 55.8 Å². The van der Waals surface area contributed by atoms with Crippen LogP contribution in [0.25, 0.3) is 5.32 Å². The fourth-order valence-electron chi connectivity index (χ4n) is 2.68. The number of carbonyl (C=O) groups excluding carboxylic acids is 2. The van der Waals surface area contributed by atoms with Gasteiger partial charge in [0.05, 0.1) is 14.2 Å². The Labute approximate surface area is 212 Å². The van der Waals surface area contributed by atoms with Crippen LogP contribution in [0, 0.1) is 5.41 Å². The molecule has 0 radical (unpaired) electrons. The molecule has 0 aliphatic carbocycles. The van der Waals surface area contributed by atoms with E-state index in [1.165, 1.54) is 14.2 Å². The zero-order valence-electron chi connectivity index (χ0n) is 15.8. The van der Waals surface area contributed by atoms with Gasteiger partial charge in [-0.15, -0.1) is 12.2 Å². The molecule has 5 nitrogen and oxygen atoms in total. The minimum absolute atomic E-state index is 0. The van der Waals surface area contributed by atoms with Crippen molar-refractivity contribution < 1.29 is 43.0 Å². The van der Waals surface area contributed by atoms with Gasteiger partial charge < -0.3 is 38.8 Å². The van der Waals surface area contributed by atoms with Gasteiger partial charge in [-0.1, -0.05) is 83.3 Å². The zero-order valence-corrected chi connectivity index (χ0v) is 21.5. The molecule has 0 N–H and O–H groups in total. The largest absolute Gasteiger partial charge is 2.00 e. The monoisotopic (exact) mass is 617 g/mol. The molecule has 0 aliphatic rings. The maximum Gasteiger partial charge on any atom is 2.00 e. The molecule has 0 aromatic heterocycles. The molecule has 0 unspecified atom stereocenters. The van der Waals surface area contributed by atoms with Crippen LogP contribution < -0.4 is 24.0 Å². The third-order valence-corrected chi connectivity index (χ3v) is 5.29. The Hall–Kier alpha value is -0.594. The van der Waals surface area contributed by atoms with E-state index in [1.807, 2.05) is 60.7 Å². The number of nitrogens with zero attached hydrogens (tertiary/aromatic N) is 1. The van der Waals surface area contributed by atoms with Gasteiger partial charge in [0.25, 0.3) is 0 Å². The first-order valence-corrected chi connectivity index (χ1v) is 9.36. The number of carbonyl (C=O) groups is 2. The Kier molecular flexibility index (Phi) is 13.3. The van der Waals surface area contributed by atoms with Crippen molar-refractivity contribution in [1.82, 2.24) is 0 Å². The van der Waals surface area contributed by atoms with Gasteiger partial charge in [0.2, 0.25) is 0 Å². The maximum absolute atomic E-state index is 12.6. The minimum Gasteiger partial charge on any atom is -1.00 e. The Bertz CT molecular complexity index is 716. The summed E-state index contributed by atoms with van der Waals surface area (Å²) in [5, 5.41) is 4.46. The van der Waals surface area contributed by atoms with Crippen LogP contribution in [0.1, 0.15) is 15.9 Å². The van der Waals surface area contributed by atoms with Crippen LogP contribution in [0.3, 0.4) is 0 Å². The van der Waals surface area contributed by atoms with Crippen LogP contribution in [0.2, 0.25) is 0 Å². The molecule has 0 saturated heterocycles. The molecule has 0 spiro atoms. The molecule has 0 aliphatic heterocycles. The Morgan fingerprint density at radius 3 is 1.89 bits per heavy atom. The number of para-hydroxylation sites is 1. The van der Waals surface area contributed by atoms with Crippen LogP contribution in [0.5, 0.6) is 0 Å². The number of rotatable bonds is 8. The molecule has 0 bridgehead atoms. The molecule has 0 fully saturated rings. The molecular weight excluding hydrogens is 596 g/mol. The van der Waals surface area contributed by atoms with Gasteiger partial charge in [0.15, 0.2) is 5.41 Å². The van der Waals surface area contributed by atoms with Crippen molar-refractivity contribution in [2.24, 2.45) is 5.41 Å². The molecule has 146 valence electrons. The Morgan fingerprint density at radius 2 is 1.43 bits per heavy atom. The van der Waals surface area contributed by atoms with Crippen LogP contribution in [0.15, 0.2) is 60.7 Å². The zero-order chi connectivity index (χ0) is 19.0. The second-order valence-corrected chi connectivity index (χ2v) is 7.30. The van der Waals surface area contributed by atoms with Crippen LogP contribution >= 0.6 is 22.6 Å². The third kappa shape index (κ3) is 7.03. The summed E-state index contributed by atoms with van der Waals surface area (Å²) in [7, 11) is 2.54. The molecule has 2 rings (SSSR count). The van der Waals surface area contributed by atoms with Gasteiger partial charge >= 0.3 is 35.0 Å². The summed E-state index contributed by atoms with van der Waals surface area (Å²) in [5.74, 6) is -1.27. The normalized spacial score (nSPS) is 11.2. The van der Waals surface area contributed by atoms with E-state index in [0.29, 0.717) is 5.69 Å². The van der Waals surface area contributed by atoms with Crippen molar-refractivity contribution in [3.63, 3.8) is 0 Å². The van der Waals surface area contributed by atoms with E-state index in [-0.39, 0.29) is 63.9 Å². The average molecular weight is 618 g/mol. The topological polar surface area (TPSA) is 66.7 Å². The first-order chi connectivity index (χ1) is 12.5. The van der Waals surface area contributed by atoms with E-state index < -0.39 is 17.4 Å². The molecule has 8 heteroatoms. The molecule has 2 aromatic carbocycles. The molecule has 1 atom stereocenters. The summed E-state index contributed by atoms with van der Waals surface area (Å²) in [6.07, 6.45) is 0.229. The number of ether oxygens (including phenoxy) is 2. The summed E-state index contributed by atoms with van der Waals surface area (Å²) in [5.41, 5.74) is 0.209. The number of halogens is 2.